The standard InChI is InChI=1S/C15H14BrNO5/c16-13-7-6-12(22-13)14(18)17-11(15(19)20)9-21-8-10-4-2-1-3-5-10/h1-7,11H,8-9H2,(H,17,18)(H,19,20). The first kappa shape index (κ1) is 16.3. The molecule has 6 nitrogen and oxygen atoms in total. The van der Waals surface area contributed by atoms with Gasteiger partial charge in [0.05, 0.1) is 13.2 Å². The van der Waals surface area contributed by atoms with Gasteiger partial charge in [0.2, 0.25) is 0 Å². The Hall–Kier alpha value is -2.12. The van der Waals surface area contributed by atoms with Crippen LogP contribution >= 0.6 is 15.9 Å². The van der Waals surface area contributed by atoms with Crippen molar-refractivity contribution in [3.05, 3.63) is 58.5 Å². The predicted octanol–water partition coefficient (Wildman–Crippen LogP) is 2.44. The number of carboxylic acids is 1. The molecule has 0 bridgehead atoms. The highest BCUT2D eigenvalue weighted by atomic mass is 79.9. The maximum absolute atomic E-state index is 11.9. The number of ether oxygens (including phenoxy) is 1. The molecule has 0 aliphatic heterocycles. The smallest absolute Gasteiger partial charge is 0.328 e. The normalized spacial score (nSPS) is 11.9. The average Bonchev–Trinajstić information content (AvgIpc) is 2.93. The molecule has 1 aromatic heterocycles. The first-order chi connectivity index (χ1) is 10.6. The van der Waals surface area contributed by atoms with Crippen molar-refractivity contribution in [2.24, 2.45) is 0 Å². The Morgan fingerprint density at radius 3 is 2.55 bits per heavy atom. The van der Waals surface area contributed by atoms with Gasteiger partial charge >= 0.3 is 5.97 Å². The molecule has 0 radical (unpaired) electrons. The van der Waals surface area contributed by atoms with Gasteiger partial charge in [-0.05, 0) is 33.6 Å². The van der Waals surface area contributed by atoms with Gasteiger partial charge in [-0.25, -0.2) is 4.79 Å². The number of carboxylic acid groups (broad SMARTS) is 1. The second-order valence-electron chi connectivity index (χ2n) is 4.47. The van der Waals surface area contributed by atoms with Crippen LogP contribution in [0.4, 0.5) is 0 Å². The van der Waals surface area contributed by atoms with Gasteiger partial charge in [0.1, 0.15) is 0 Å². The molecule has 1 atom stereocenters. The maximum atomic E-state index is 11.9. The van der Waals surface area contributed by atoms with Crippen LogP contribution in [-0.2, 0) is 16.1 Å². The molecule has 1 heterocycles. The fraction of sp³-hybridized carbons (Fsp3) is 0.200. The quantitative estimate of drug-likeness (QED) is 0.784. The Labute approximate surface area is 135 Å². The molecule has 0 saturated carbocycles. The van der Waals surface area contributed by atoms with E-state index >= 15 is 0 Å². The van der Waals surface area contributed by atoms with Crippen LogP contribution in [0.25, 0.3) is 0 Å². The van der Waals surface area contributed by atoms with Crippen molar-refractivity contribution in [2.45, 2.75) is 12.6 Å². The molecule has 1 amide bonds. The number of furan rings is 1. The number of nitrogens with one attached hydrogen (secondary N) is 1. The predicted molar refractivity (Wildman–Crippen MR) is 81.4 cm³/mol. The van der Waals surface area contributed by atoms with E-state index in [9.17, 15) is 9.59 Å². The second-order valence-corrected chi connectivity index (χ2v) is 5.25. The van der Waals surface area contributed by atoms with E-state index in [1.165, 1.54) is 6.07 Å². The summed E-state index contributed by atoms with van der Waals surface area (Å²) in [6.45, 7) is 0.130. The number of carbonyl (C=O) groups excluding carboxylic acids is 1. The molecule has 0 aliphatic carbocycles. The van der Waals surface area contributed by atoms with Gasteiger partial charge in [0, 0.05) is 0 Å². The Morgan fingerprint density at radius 1 is 1.23 bits per heavy atom. The van der Waals surface area contributed by atoms with Crippen LogP contribution in [0.15, 0.2) is 51.6 Å². The lowest BCUT2D eigenvalue weighted by Gasteiger charge is -2.14. The molecule has 0 fully saturated rings. The van der Waals surface area contributed by atoms with E-state index in [-0.39, 0.29) is 19.0 Å². The molecule has 2 aromatic rings. The number of rotatable bonds is 7. The van der Waals surface area contributed by atoms with Gasteiger partial charge in [-0.2, -0.15) is 0 Å². The van der Waals surface area contributed by atoms with Crippen LogP contribution < -0.4 is 5.32 Å². The van der Waals surface area contributed by atoms with Gasteiger partial charge in [0.25, 0.3) is 5.91 Å². The van der Waals surface area contributed by atoms with Crippen molar-refractivity contribution < 1.29 is 23.8 Å². The Morgan fingerprint density at radius 2 is 1.95 bits per heavy atom. The van der Waals surface area contributed by atoms with Crippen LogP contribution in [0, 0.1) is 0 Å². The topological polar surface area (TPSA) is 88.8 Å². The van der Waals surface area contributed by atoms with Gasteiger partial charge in [-0.1, -0.05) is 30.3 Å². The number of hydrogen-bond acceptors (Lipinski definition) is 4. The van der Waals surface area contributed by atoms with E-state index in [1.807, 2.05) is 30.3 Å². The lowest BCUT2D eigenvalue weighted by molar-refractivity contribution is -0.141. The summed E-state index contributed by atoms with van der Waals surface area (Å²) in [7, 11) is 0. The van der Waals surface area contributed by atoms with E-state index in [1.54, 1.807) is 6.07 Å². The first-order valence-corrected chi connectivity index (χ1v) is 7.26. The van der Waals surface area contributed by atoms with Gasteiger partial charge in [-0.3, -0.25) is 4.79 Å². The number of hydrogen-bond donors (Lipinski definition) is 2. The van der Waals surface area contributed by atoms with Crippen molar-refractivity contribution in [1.82, 2.24) is 5.32 Å². The Balaban J connectivity index is 1.87. The summed E-state index contributed by atoms with van der Waals surface area (Å²) < 4.78 is 10.8. The third kappa shape index (κ3) is 4.71. The molecule has 2 rings (SSSR count). The molecule has 22 heavy (non-hydrogen) atoms. The lowest BCUT2D eigenvalue weighted by Crippen LogP contribution is -2.43. The van der Waals surface area contributed by atoms with E-state index < -0.39 is 17.9 Å². The van der Waals surface area contributed by atoms with Crippen molar-refractivity contribution in [1.29, 1.82) is 0 Å². The summed E-state index contributed by atoms with van der Waals surface area (Å²) in [6, 6.07) is 11.2. The van der Waals surface area contributed by atoms with Crippen LogP contribution in [0.3, 0.4) is 0 Å². The molecule has 116 valence electrons. The van der Waals surface area contributed by atoms with E-state index in [2.05, 4.69) is 21.2 Å². The minimum absolute atomic E-state index is 0.0289. The minimum atomic E-state index is -1.17. The van der Waals surface area contributed by atoms with E-state index in [0.29, 0.717) is 4.67 Å². The molecular weight excluding hydrogens is 354 g/mol. The van der Waals surface area contributed by atoms with Crippen LogP contribution in [0.5, 0.6) is 0 Å². The van der Waals surface area contributed by atoms with Crippen molar-refractivity contribution in [3.8, 4) is 0 Å². The number of aliphatic carboxylic acids is 1. The molecule has 2 N–H and O–H groups in total. The molecule has 7 heteroatoms. The summed E-state index contributed by atoms with van der Waals surface area (Å²) in [5.41, 5.74) is 0.924. The zero-order valence-corrected chi connectivity index (χ0v) is 13.1. The lowest BCUT2D eigenvalue weighted by atomic mass is 10.2. The Kier molecular flexibility index (Phi) is 5.74. The fourth-order valence-electron chi connectivity index (χ4n) is 1.71. The highest BCUT2D eigenvalue weighted by molar-refractivity contribution is 9.10. The second kappa shape index (κ2) is 7.77. The van der Waals surface area contributed by atoms with Crippen LogP contribution in [-0.4, -0.2) is 29.6 Å². The van der Waals surface area contributed by atoms with Crippen LogP contribution in [0.1, 0.15) is 16.1 Å². The highest BCUT2D eigenvalue weighted by Gasteiger charge is 2.22. The summed E-state index contributed by atoms with van der Waals surface area (Å²) in [5, 5.41) is 11.5. The van der Waals surface area contributed by atoms with E-state index in [4.69, 9.17) is 14.3 Å². The summed E-state index contributed by atoms with van der Waals surface area (Å²) in [4.78, 5) is 23.0. The summed E-state index contributed by atoms with van der Waals surface area (Å²) >= 11 is 3.08. The molecule has 0 aliphatic rings. The third-order valence-corrected chi connectivity index (χ3v) is 3.22. The third-order valence-electron chi connectivity index (χ3n) is 2.80. The molecule has 1 unspecified atom stereocenters. The number of carbonyl (C=O) groups is 2. The SMILES string of the molecule is O=C(NC(COCc1ccccc1)C(=O)O)c1ccc(Br)o1. The maximum Gasteiger partial charge on any atom is 0.328 e. The average molecular weight is 368 g/mol. The van der Waals surface area contributed by atoms with Gasteiger partial charge in [-0.15, -0.1) is 0 Å². The number of amides is 1. The monoisotopic (exact) mass is 367 g/mol. The fourth-order valence-corrected chi connectivity index (χ4v) is 2.02. The highest BCUT2D eigenvalue weighted by Crippen LogP contribution is 2.14. The minimum Gasteiger partial charge on any atom is -0.480 e. The van der Waals surface area contributed by atoms with Crippen molar-refractivity contribution in [3.63, 3.8) is 0 Å². The molecule has 0 saturated heterocycles. The largest absolute Gasteiger partial charge is 0.480 e. The van der Waals surface area contributed by atoms with Crippen molar-refractivity contribution >= 4 is 27.8 Å². The summed E-state index contributed by atoms with van der Waals surface area (Å²) in [6.07, 6.45) is 0. The summed E-state index contributed by atoms with van der Waals surface area (Å²) in [5.74, 6) is -1.75. The van der Waals surface area contributed by atoms with E-state index in [0.717, 1.165) is 5.56 Å². The number of halogens is 1. The zero-order valence-electron chi connectivity index (χ0n) is 11.5. The van der Waals surface area contributed by atoms with Gasteiger partial charge < -0.3 is 19.6 Å². The molecule has 1 aromatic carbocycles. The van der Waals surface area contributed by atoms with Gasteiger partial charge in [0.15, 0.2) is 16.5 Å². The molecular formula is C15H14BrNO5. The van der Waals surface area contributed by atoms with Crippen molar-refractivity contribution in [2.75, 3.05) is 6.61 Å². The van der Waals surface area contributed by atoms with Crippen LogP contribution in [0.2, 0.25) is 0 Å². The zero-order chi connectivity index (χ0) is 15.9. The first-order valence-electron chi connectivity index (χ1n) is 6.47. The molecule has 0 spiro atoms. The number of benzene rings is 1. The Bertz CT molecular complexity index is 640.